The van der Waals surface area contributed by atoms with Crippen LogP contribution in [0.5, 0.6) is 0 Å². The van der Waals surface area contributed by atoms with Crippen LogP contribution in [0.4, 0.5) is 0 Å². The molecule has 5 heteroatoms. The highest BCUT2D eigenvalue weighted by Crippen LogP contribution is 2.23. The fraction of sp³-hybridized carbons (Fsp3) is 0.417. The maximum Gasteiger partial charge on any atom is 0.136 e. The molecule has 3 nitrogen and oxygen atoms in total. The predicted molar refractivity (Wildman–Crippen MR) is 67.5 cm³/mol. The number of hydrogen-bond acceptors (Lipinski definition) is 3. The Hall–Kier alpha value is -0.610. The Morgan fingerprint density at radius 1 is 1.41 bits per heavy atom. The molecular formula is C12H13Cl2NO2. The monoisotopic (exact) mass is 273 g/mol. The lowest BCUT2D eigenvalue weighted by molar-refractivity contribution is -0.109. The quantitative estimate of drug-likeness (QED) is 0.857. The normalized spacial score (nSPS) is 23.9. The summed E-state index contributed by atoms with van der Waals surface area (Å²) in [6.45, 7) is 1.19. The van der Waals surface area contributed by atoms with Gasteiger partial charge in [0.2, 0.25) is 0 Å². The van der Waals surface area contributed by atoms with E-state index in [4.69, 9.17) is 27.9 Å². The van der Waals surface area contributed by atoms with Gasteiger partial charge in [-0.15, -0.1) is 0 Å². The fourth-order valence-electron chi connectivity index (χ4n) is 1.81. The number of carbonyl (C=O) groups is 1. The van der Waals surface area contributed by atoms with Gasteiger partial charge in [-0.25, -0.2) is 0 Å². The summed E-state index contributed by atoms with van der Waals surface area (Å²) in [4.78, 5) is 10.6. The van der Waals surface area contributed by atoms with Gasteiger partial charge in [-0.2, -0.15) is 0 Å². The molecule has 2 atom stereocenters. The van der Waals surface area contributed by atoms with E-state index in [0.717, 1.165) is 18.3 Å². The molecule has 1 saturated heterocycles. The van der Waals surface area contributed by atoms with Crippen molar-refractivity contribution >= 4 is 29.5 Å². The molecule has 0 radical (unpaired) electrons. The zero-order valence-electron chi connectivity index (χ0n) is 9.16. The van der Waals surface area contributed by atoms with Gasteiger partial charge in [-0.3, -0.25) is 0 Å². The van der Waals surface area contributed by atoms with E-state index in [1.54, 1.807) is 12.1 Å². The predicted octanol–water partition coefficient (Wildman–Crippen LogP) is 2.44. The number of nitrogens with one attached hydrogen (secondary N) is 1. The molecule has 0 spiro atoms. The molecular weight excluding hydrogens is 261 g/mol. The summed E-state index contributed by atoms with van der Waals surface area (Å²) in [5, 5.41) is 4.14. The molecule has 0 amide bonds. The molecule has 1 N–H and O–H groups in total. The first-order valence-corrected chi connectivity index (χ1v) is 6.19. The van der Waals surface area contributed by atoms with E-state index in [2.05, 4.69) is 5.32 Å². The summed E-state index contributed by atoms with van der Waals surface area (Å²) < 4.78 is 5.69. The van der Waals surface area contributed by atoms with Gasteiger partial charge in [0.05, 0.1) is 28.8 Å². The van der Waals surface area contributed by atoms with Gasteiger partial charge in [0.25, 0.3) is 0 Å². The summed E-state index contributed by atoms with van der Waals surface area (Å²) in [6.07, 6.45) is 1.73. The summed E-state index contributed by atoms with van der Waals surface area (Å²) in [6, 6.07) is 5.36. The first-order chi connectivity index (χ1) is 8.19. The third-order valence-electron chi connectivity index (χ3n) is 2.76. The van der Waals surface area contributed by atoms with Crippen molar-refractivity contribution in [2.45, 2.75) is 25.2 Å². The van der Waals surface area contributed by atoms with E-state index in [9.17, 15) is 4.79 Å². The lowest BCUT2D eigenvalue weighted by atomic mass is 10.2. The second-order valence-electron chi connectivity index (χ2n) is 4.07. The highest BCUT2D eigenvalue weighted by Gasteiger charge is 2.23. The van der Waals surface area contributed by atoms with E-state index in [1.165, 1.54) is 0 Å². The summed E-state index contributed by atoms with van der Waals surface area (Å²) in [5.74, 6) is 0. The van der Waals surface area contributed by atoms with Crippen LogP contribution in [0, 0.1) is 0 Å². The summed E-state index contributed by atoms with van der Waals surface area (Å²) >= 11 is 11.7. The lowest BCUT2D eigenvalue weighted by Gasteiger charge is -2.10. The largest absolute Gasteiger partial charge is 0.372 e. The Morgan fingerprint density at radius 3 is 2.88 bits per heavy atom. The van der Waals surface area contributed by atoms with Crippen molar-refractivity contribution < 1.29 is 9.53 Å². The number of ether oxygens (including phenoxy) is 1. The van der Waals surface area contributed by atoms with Gasteiger partial charge in [-0.1, -0.05) is 29.3 Å². The molecule has 1 aliphatic rings. The van der Waals surface area contributed by atoms with Crippen molar-refractivity contribution in [3.8, 4) is 0 Å². The molecule has 17 heavy (non-hydrogen) atoms. The summed E-state index contributed by atoms with van der Waals surface area (Å²) in [5.41, 5.74) is 0.981. The zero-order chi connectivity index (χ0) is 12.3. The zero-order valence-corrected chi connectivity index (χ0v) is 10.7. The Labute approximate surface area is 110 Å². The van der Waals surface area contributed by atoms with Crippen LogP contribution in [0.1, 0.15) is 12.0 Å². The van der Waals surface area contributed by atoms with Gasteiger partial charge in [0.15, 0.2) is 0 Å². The van der Waals surface area contributed by atoms with Crippen LogP contribution >= 0.6 is 23.2 Å². The maximum absolute atomic E-state index is 10.6. The van der Waals surface area contributed by atoms with Gasteiger partial charge in [-0.05, 0) is 24.1 Å². The second-order valence-corrected chi connectivity index (χ2v) is 4.88. The number of aldehydes is 1. The van der Waals surface area contributed by atoms with Crippen LogP contribution in [0.25, 0.3) is 0 Å². The van der Waals surface area contributed by atoms with Crippen LogP contribution in [0.15, 0.2) is 18.2 Å². The molecule has 1 aromatic rings. The van der Waals surface area contributed by atoms with E-state index >= 15 is 0 Å². The van der Waals surface area contributed by atoms with Crippen molar-refractivity contribution in [3.63, 3.8) is 0 Å². The van der Waals surface area contributed by atoms with E-state index in [1.807, 2.05) is 6.07 Å². The minimum Gasteiger partial charge on any atom is -0.372 e. The van der Waals surface area contributed by atoms with Crippen LogP contribution in [0.3, 0.4) is 0 Å². The molecule has 0 saturated carbocycles. The molecule has 1 aliphatic heterocycles. The SMILES string of the molecule is O=C[C@@H]1C[C@@H](OCc2ccc(Cl)c(Cl)c2)CN1. The van der Waals surface area contributed by atoms with Crippen molar-refractivity contribution in [3.05, 3.63) is 33.8 Å². The number of benzene rings is 1. The molecule has 0 unspecified atom stereocenters. The third-order valence-corrected chi connectivity index (χ3v) is 3.50. The van der Waals surface area contributed by atoms with Crippen LogP contribution < -0.4 is 5.32 Å². The molecule has 1 aromatic carbocycles. The van der Waals surface area contributed by atoms with E-state index in [-0.39, 0.29) is 12.1 Å². The van der Waals surface area contributed by atoms with Gasteiger partial charge in [0.1, 0.15) is 6.29 Å². The lowest BCUT2D eigenvalue weighted by Crippen LogP contribution is -2.22. The first-order valence-electron chi connectivity index (χ1n) is 5.43. The van der Waals surface area contributed by atoms with Crippen LogP contribution in [0.2, 0.25) is 10.0 Å². The molecule has 0 aromatic heterocycles. The highest BCUT2D eigenvalue weighted by molar-refractivity contribution is 6.42. The average Bonchev–Trinajstić information content (AvgIpc) is 2.79. The number of hydrogen-bond donors (Lipinski definition) is 1. The van der Waals surface area contributed by atoms with Crippen LogP contribution in [-0.4, -0.2) is 25.0 Å². The maximum atomic E-state index is 10.6. The van der Waals surface area contributed by atoms with Crippen molar-refractivity contribution in [2.75, 3.05) is 6.54 Å². The third kappa shape index (κ3) is 3.42. The minimum absolute atomic E-state index is 0.0752. The highest BCUT2D eigenvalue weighted by atomic mass is 35.5. The van der Waals surface area contributed by atoms with Gasteiger partial charge < -0.3 is 14.8 Å². The summed E-state index contributed by atoms with van der Waals surface area (Å²) in [7, 11) is 0. The van der Waals surface area contributed by atoms with Crippen molar-refractivity contribution in [1.29, 1.82) is 0 Å². The Kier molecular flexibility index (Phi) is 4.40. The Balaban J connectivity index is 1.86. The topological polar surface area (TPSA) is 38.3 Å². The molecule has 92 valence electrons. The molecule has 0 aliphatic carbocycles. The molecule has 1 heterocycles. The molecule has 0 bridgehead atoms. The minimum atomic E-state index is -0.0752. The van der Waals surface area contributed by atoms with E-state index < -0.39 is 0 Å². The van der Waals surface area contributed by atoms with Gasteiger partial charge >= 0.3 is 0 Å². The van der Waals surface area contributed by atoms with Crippen molar-refractivity contribution in [2.24, 2.45) is 0 Å². The second kappa shape index (κ2) is 5.83. The number of rotatable bonds is 4. The Morgan fingerprint density at radius 2 is 2.24 bits per heavy atom. The number of halogens is 2. The smallest absolute Gasteiger partial charge is 0.136 e. The van der Waals surface area contributed by atoms with Gasteiger partial charge in [0, 0.05) is 6.54 Å². The van der Waals surface area contributed by atoms with Crippen molar-refractivity contribution in [1.82, 2.24) is 5.32 Å². The standard InChI is InChI=1S/C12H13Cl2NO2/c13-11-2-1-8(3-12(11)14)7-17-10-4-9(6-16)15-5-10/h1-3,6,9-10,15H,4-5,7H2/t9-,10+/m0/s1. The molecule has 2 rings (SSSR count). The van der Waals surface area contributed by atoms with E-state index in [0.29, 0.717) is 23.2 Å². The van der Waals surface area contributed by atoms with Crippen LogP contribution in [-0.2, 0) is 16.1 Å². The molecule has 1 fully saturated rings. The average molecular weight is 274 g/mol. The Bertz CT molecular complexity index is 411. The first kappa shape index (κ1) is 12.8. The fourth-order valence-corrected chi connectivity index (χ4v) is 2.13. The number of carbonyl (C=O) groups excluding carboxylic acids is 1.